The lowest BCUT2D eigenvalue weighted by Gasteiger charge is -2.11. The Kier molecular flexibility index (Phi) is 5.29. The van der Waals surface area contributed by atoms with Crippen molar-refractivity contribution in [1.29, 1.82) is 0 Å². The fraction of sp³-hybridized carbons (Fsp3) is 0.417. The van der Waals surface area contributed by atoms with Crippen molar-refractivity contribution in [3.8, 4) is 5.75 Å². The van der Waals surface area contributed by atoms with E-state index in [2.05, 4.69) is 10.6 Å². The highest BCUT2D eigenvalue weighted by Gasteiger charge is 2.01. The third-order valence-corrected chi connectivity index (χ3v) is 2.17. The zero-order valence-electron chi connectivity index (χ0n) is 10.5. The smallest absolute Gasteiger partial charge is 0.319 e. The van der Waals surface area contributed by atoms with E-state index in [0.717, 1.165) is 12.3 Å². The number of anilines is 1. The van der Waals surface area contributed by atoms with Crippen molar-refractivity contribution >= 4 is 11.7 Å². The van der Waals surface area contributed by atoms with Crippen LogP contribution in [-0.4, -0.2) is 45.2 Å². The number of rotatable bonds is 5. The van der Waals surface area contributed by atoms with Crippen LogP contribution in [0.3, 0.4) is 0 Å². The Hall–Kier alpha value is -1.75. The molecule has 0 heterocycles. The van der Waals surface area contributed by atoms with E-state index < -0.39 is 0 Å². The zero-order valence-corrected chi connectivity index (χ0v) is 10.5. The fourth-order valence-electron chi connectivity index (χ4n) is 1.27. The molecule has 0 unspecified atom stereocenters. The molecule has 94 valence electrons. The van der Waals surface area contributed by atoms with Crippen LogP contribution >= 0.6 is 0 Å². The lowest BCUT2D eigenvalue weighted by Crippen LogP contribution is -2.34. The first-order chi connectivity index (χ1) is 8.11. The maximum Gasteiger partial charge on any atom is 0.319 e. The lowest BCUT2D eigenvalue weighted by molar-refractivity contribution is 0.250. The molecule has 17 heavy (non-hydrogen) atoms. The Balaban J connectivity index is 2.39. The molecule has 0 aliphatic carbocycles. The number of urea groups is 1. The van der Waals surface area contributed by atoms with Gasteiger partial charge in [-0.2, -0.15) is 0 Å². The second-order valence-electron chi connectivity index (χ2n) is 3.92. The van der Waals surface area contributed by atoms with Crippen molar-refractivity contribution in [2.45, 2.75) is 0 Å². The SMILES string of the molecule is COc1cccc(NC(=O)NCCN(C)C)c1. The maximum atomic E-state index is 11.5. The first kappa shape index (κ1) is 13.3. The van der Waals surface area contributed by atoms with Crippen LogP contribution in [0, 0.1) is 0 Å². The molecule has 0 bridgehead atoms. The third-order valence-electron chi connectivity index (χ3n) is 2.17. The van der Waals surface area contributed by atoms with Crippen LogP contribution in [0.25, 0.3) is 0 Å². The van der Waals surface area contributed by atoms with E-state index in [-0.39, 0.29) is 6.03 Å². The molecule has 0 aliphatic rings. The van der Waals surface area contributed by atoms with Crippen LogP contribution in [0.2, 0.25) is 0 Å². The summed E-state index contributed by atoms with van der Waals surface area (Å²) in [5.41, 5.74) is 0.715. The predicted molar refractivity (Wildman–Crippen MR) is 68.6 cm³/mol. The zero-order chi connectivity index (χ0) is 12.7. The third kappa shape index (κ3) is 5.21. The summed E-state index contributed by atoms with van der Waals surface area (Å²) in [6, 6.07) is 7.03. The summed E-state index contributed by atoms with van der Waals surface area (Å²) in [7, 11) is 5.51. The predicted octanol–water partition coefficient (Wildman–Crippen LogP) is 1.38. The molecule has 0 atom stereocenters. The highest BCUT2D eigenvalue weighted by molar-refractivity contribution is 5.89. The Morgan fingerprint density at radius 2 is 2.18 bits per heavy atom. The molecular formula is C12H19N3O2. The van der Waals surface area contributed by atoms with Gasteiger partial charge in [-0.3, -0.25) is 0 Å². The van der Waals surface area contributed by atoms with Crippen molar-refractivity contribution in [3.05, 3.63) is 24.3 Å². The molecule has 0 fully saturated rings. The second kappa shape index (κ2) is 6.75. The fourth-order valence-corrected chi connectivity index (χ4v) is 1.27. The Labute approximate surface area is 102 Å². The van der Waals surface area contributed by atoms with E-state index in [9.17, 15) is 4.79 Å². The van der Waals surface area contributed by atoms with Crippen LogP contribution in [0.4, 0.5) is 10.5 Å². The Morgan fingerprint density at radius 3 is 2.82 bits per heavy atom. The van der Waals surface area contributed by atoms with Gasteiger partial charge in [-0.1, -0.05) is 6.07 Å². The van der Waals surface area contributed by atoms with Crippen molar-refractivity contribution in [1.82, 2.24) is 10.2 Å². The lowest BCUT2D eigenvalue weighted by atomic mass is 10.3. The average Bonchev–Trinajstić information content (AvgIpc) is 2.28. The van der Waals surface area contributed by atoms with Gasteiger partial charge < -0.3 is 20.3 Å². The van der Waals surface area contributed by atoms with Gasteiger partial charge in [0.05, 0.1) is 7.11 Å². The minimum atomic E-state index is -0.208. The van der Waals surface area contributed by atoms with E-state index in [0.29, 0.717) is 12.2 Å². The molecule has 1 aromatic carbocycles. The highest BCUT2D eigenvalue weighted by Crippen LogP contribution is 2.16. The number of likely N-dealkylation sites (N-methyl/N-ethyl adjacent to an activating group) is 1. The van der Waals surface area contributed by atoms with Gasteiger partial charge in [0.1, 0.15) is 5.75 Å². The van der Waals surface area contributed by atoms with Gasteiger partial charge in [-0.05, 0) is 26.2 Å². The van der Waals surface area contributed by atoms with Crippen LogP contribution in [-0.2, 0) is 0 Å². The summed E-state index contributed by atoms with van der Waals surface area (Å²) in [6.07, 6.45) is 0. The standard InChI is InChI=1S/C12H19N3O2/c1-15(2)8-7-13-12(16)14-10-5-4-6-11(9-10)17-3/h4-6,9H,7-8H2,1-3H3,(H2,13,14,16). The number of hydrogen-bond donors (Lipinski definition) is 2. The molecule has 1 aromatic rings. The van der Waals surface area contributed by atoms with Gasteiger partial charge in [0.25, 0.3) is 0 Å². The quantitative estimate of drug-likeness (QED) is 0.813. The van der Waals surface area contributed by atoms with Crippen molar-refractivity contribution < 1.29 is 9.53 Å². The Morgan fingerprint density at radius 1 is 1.41 bits per heavy atom. The van der Waals surface area contributed by atoms with E-state index in [4.69, 9.17) is 4.74 Å². The first-order valence-electron chi connectivity index (χ1n) is 5.45. The number of hydrogen-bond acceptors (Lipinski definition) is 3. The number of carbonyl (C=O) groups excluding carboxylic acids is 1. The van der Waals surface area contributed by atoms with Gasteiger partial charge in [-0.15, -0.1) is 0 Å². The largest absolute Gasteiger partial charge is 0.497 e. The topological polar surface area (TPSA) is 53.6 Å². The molecule has 0 radical (unpaired) electrons. The average molecular weight is 237 g/mol. The van der Waals surface area contributed by atoms with Gasteiger partial charge >= 0.3 is 6.03 Å². The van der Waals surface area contributed by atoms with E-state index in [1.807, 2.05) is 37.2 Å². The number of ether oxygens (including phenoxy) is 1. The molecule has 0 spiro atoms. The van der Waals surface area contributed by atoms with Crippen LogP contribution < -0.4 is 15.4 Å². The van der Waals surface area contributed by atoms with Crippen LogP contribution in [0.15, 0.2) is 24.3 Å². The number of amides is 2. The molecule has 2 amide bonds. The summed E-state index contributed by atoms with van der Waals surface area (Å²) < 4.78 is 5.07. The van der Waals surface area contributed by atoms with Gasteiger partial charge in [0.15, 0.2) is 0 Å². The number of carbonyl (C=O) groups is 1. The van der Waals surface area contributed by atoms with Crippen molar-refractivity contribution in [3.63, 3.8) is 0 Å². The number of nitrogens with zero attached hydrogens (tertiary/aromatic N) is 1. The summed E-state index contributed by atoms with van der Waals surface area (Å²) >= 11 is 0. The summed E-state index contributed by atoms with van der Waals surface area (Å²) in [6.45, 7) is 1.42. The molecule has 5 heteroatoms. The van der Waals surface area contributed by atoms with Gasteiger partial charge in [0.2, 0.25) is 0 Å². The normalized spacial score (nSPS) is 10.1. The van der Waals surface area contributed by atoms with E-state index in [1.165, 1.54) is 0 Å². The molecule has 1 rings (SSSR count). The first-order valence-corrected chi connectivity index (χ1v) is 5.45. The molecular weight excluding hydrogens is 218 g/mol. The molecule has 2 N–H and O–H groups in total. The van der Waals surface area contributed by atoms with E-state index >= 15 is 0 Å². The number of nitrogens with one attached hydrogen (secondary N) is 2. The Bertz CT molecular complexity index is 367. The van der Waals surface area contributed by atoms with Crippen LogP contribution in [0.1, 0.15) is 0 Å². The summed E-state index contributed by atoms with van der Waals surface area (Å²) in [5.74, 6) is 0.719. The summed E-state index contributed by atoms with van der Waals surface area (Å²) in [4.78, 5) is 13.5. The molecule has 0 aliphatic heterocycles. The van der Waals surface area contributed by atoms with Gasteiger partial charge in [-0.25, -0.2) is 4.79 Å². The molecule has 0 aromatic heterocycles. The maximum absolute atomic E-state index is 11.5. The van der Waals surface area contributed by atoms with Crippen molar-refractivity contribution in [2.75, 3.05) is 39.6 Å². The number of methoxy groups -OCH3 is 1. The molecule has 0 saturated carbocycles. The van der Waals surface area contributed by atoms with E-state index in [1.54, 1.807) is 13.2 Å². The van der Waals surface area contributed by atoms with Gasteiger partial charge in [0, 0.05) is 24.8 Å². The second-order valence-corrected chi connectivity index (χ2v) is 3.92. The highest BCUT2D eigenvalue weighted by atomic mass is 16.5. The van der Waals surface area contributed by atoms with Crippen LogP contribution in [0.5, 0.6) is 5.75 Å². The van der Waals surface area contributed by atoms with Crippen molar-refractivity contribution in [2.24, 2.45) is 0 Å². The number of benzene rings is 1. The summed E-state index contributed by atoms with van der Waals surface area (Å²) in [5, 5.41) is 5.51. The monoisotopic (exact) mass is 237 g/mol. The molecule has 5 nitrogen and oxygen atoms in total. The minimum Gasteiger partial charge on any atom is -0.497 e. The minimum absolute atomic E-state index is 0.208. The molecule has 0 saturated heterocycles.